The Labute approximate surface area is 97.0 Å². The molecule has 3 nitrogen and oxygen atoms in total. The number of hydrogen-bond donors (Lipinski definition) is 2. The minimum Gasteiger partial charge on any atom is -0.383 e. The number of hydrogen-bond acceptors (Lipinski definition) is 2. The van der Waals surface area contributed by atoms with Gasteiger partial charge in [-0.25, -0.2) is 0 Å². The van der Waals surface area contributed by atoms with Gasteiger partial charge in [-0.3, -0.25) is 4.79 Å². The molecule has 0 heterocycles. The third kappa shape index (κ3) is 3.93. The maximum absolute atomic E-state index is 11.0. The van der Waals surface area contributed by atoms with Gasteiger partial charge in [0.1, 0.15) is 0 Å². The number of carbonyl (C=O) groups is 1. The third-order valence-corrected chi connectivity index (χ3v) is 2.39. The smallest absolute Gasteiger partial charge is 0.248 e. The van der Waals surface area contributed by atoms with Crippen LogP contribution in [0.15, 0.2) is 24.3 Å². The summed E-state index contributed by atoms with van der Waals surface area (Å²) in [5.74, 6) is 0.266. The Kier molecular flexibility index (Phi) is 4.35. The molecule has 0 radical (unpaired) electrons. The fourth-order valence-electron chi connectivity index (χ4n) is 1.81. The van der Waals surface area contributed by atoms with Crippen LogP contribution in [0.3, 0.4) is 0 Å². The second-order valence-corrected chi connectivity index (χ2v) is 4.62. The first-order valence-corrected chi connectivity index (χ1v) is 5.65. The van der Waals surface area contributed by atoms with Crippen LogP contribution in [0.1, 0.15) is 37.6 Å². The molecule has 0 aliphatic heterocycles. The lowest BCUT2D eigenvalue weighted by Gasteiger charge is -2.17. The van der Waals surface area contributed by atoms with Crippen LogP contribution >= 0.6 is 0 Å². The molecule has 88 valence electrons. The van der Waals surface area contributed by atoms with Crippen molar-refractivity contribution in [3.05, 3.63) is 29.8 Å². The van der Waals surface area contributed by atoms with E-state index in [4.69, 9.17) is 5.73 Å². The maximum atomic E-state index is 11.0. The topological polar surface area (TPSA) is 55.1 Å². The van der Waals surface area contributed by atoms with Gasteiger partial charge in [-0.05, 0) is 37.5 Å². The van der Waals surface area contributed by atoms with Crippen LogP contribution in [-0.2, 0) is 0 Å². The van der Waals surface area contributed by atoms with Crippen LogP contribution in [0.25, 0.3) is 0 Å². The van der Waals surface area contributed by atoms with Crippen LogP contribution in [0.2, 0.25) is 0 Å². The van der Waals surface area contributed by atoms with Crippen molar-refractivity contribution >= 4 is 11.6 Å². The molecule has 3 heteroatoms. The fraction of sp³-hybridized carbons (Fsp3) is 0.462. The average molecular weight is 220 g/mol. The highest BCUT2D eigenvalue weighted by Gasteiger charge is 2.06. The van der Waals surface area contributed by atoms with Gasteiger partial charge < -0.3 is 11.1 Å². The number of primary amides is 1. The Morgan fingerprint density at radius 3 is 2.62 bits per heavy atom. The molecule has 1 atom stereocenters. The van der Waals surface area contributed by atoms with Gasteiger partial charge in [-0.1, -0.05) is 19.9 Å². The van der Waals surface area contributed by atoms with Crippen molar-refractivity contribution < 1.29 is 4.79 Å². The molecular formula is C13H20N2O. The zero-order valence-electron chi connectivity index (χ0n) is 10.2. The van der Waals surface area contributed by atoms with E-state index in [1.54, 1.807) is 12.1 Å². The summed E-state index contributed by atoms with van der Waals surface area (Å²) in [6, 6.07) is 7.69. The van der Waals surface area contributed by atoms with E-state index < -0.39 is 0 Å². The van der Waals surface area contributed by atoms with Crippen LogP contribution in [-0.4, -0.2) is 11.9 Å². The predicted molar refractivity (Wildman–Crippen MR) is 67.5 cm³/mol. The van der Waals surface area contributed by atoms with Crippen LogP contribution in [0.4, 0.5) is 5.69 Å². The molecule has 1 amide bonds. The number of rotatable bonds is 5. The Hall–Kier alpha value is -1.51. The van der Waals surface area contributed by atoms with Gasteiger partial charge in [-0.2, -0.15) is 0 Å². The van der Waals surface area contributed by atoms with E-state index in [0.29, 0.717) is 17.5 Å². The highest BCUT2D eigenvalue weighted by Crippen LogP contribution is 2.14. The van der Waals surface area contributed by atoms with Gasteiger partial charge in [0.2, 0.25) is 5.91 Å². The lowest BCUT2D eigenvalue weighted by Crippen LogP contribution is -2.18. The molecule has 0 aromatic heterocycles. The van der Waals surface area contributed by atoms with Crippen molar-refractivity contribution in [2.75, 3.05) is 5.32 Å². The first-order chi connectivity index (χ1) is 7.49. The zero-order chi connectivity index (χ0) is 12.1. The summed E-state index contributed by atoms with van der Waals surface area (Å²) in [6.45, 7) is 6.52. The molecule has 0 fully saturated rings. The van der Waals surface area contributed by atoms with Gasteiger partial charge in [-0.15, -0.1) is 0 Å². The summed E-state index contributed by atoms with van der Waals surface area (Å²) < 4.78 is 0. The third-order valence-electron chi connectivity index (χ3n) is 2.39. The fourth-order valence-corrected chi connectivity index (χ4v) is 1.81. The summed E-state index contributed by atoms with van der Waals surface area (Å²) in [6.07, 6.45) is 1.10. The molecule has 0 saturated carbocycles. The average Bonchev–Trinajstić information content (AvgIpc) is 2.16. The Morgan fingerprint density at radius 1 is 1.38 bits per heavy atom. The summed E-state index contributed by atoms with van der Waals surface area (Å²) in [5, 5.41) is 3.36. The van der Waals surface area contributed by atoms with E-state index in [1.165, 1.54) is 0 Å². The Balaban J connectivity index is 2.66. The Morgan fingerprint density at radius 2 is 2.06 bits per heavy atom. The van der Waals surface area contributed by atoms with E-state index in [1.807, 2.05) is 12.1 Å². The normalized spacial score (nSPS) is 12.5. The molecule has 0 saturated heterocycles. The number of nitrogens with two attached hydrogens (primary N) is 1. The molecule has 1 aromatic carbocycles. The van der Waals surface area contributed by atoms with E-state index >= 15 is 0 Å². The monoisotopic (exact) mass is 220 g/mol. The Bertz CT molecular complexity index is 361. The second kappa shape index (κ2) is 5.54. The highest BCUT2D eigenvalue weighted by atomic mass is 16.1. The van der Waals surface area contributed by atoms with Crippen molar-refractivity contribution in [3.63, 3.8) is 0 Å². The lowest BCUT2D eigenvalue weighted by atomic mass is 10.0. The maximum Gasteiger partial charge on any atom is 0.248 e. The number of carbonyl (C=O) groups excluding carboxylic acids is 1. The molecule has 3 N–H and O–H groups in total. The molecule has 1 aromatic rings. The summed E-state index contributed by atoms with van der Waals surface area (Å²) >= 11 is 0. The zero-order valence-corrected chi connectivity index (χ0v) is 10.2. The molecule has 0 bridgehead atoms. The summed E-state index contributed by atoms with van der Waals surface area (Å²) in [5.41, 5.74) is 6.72. The molecule has 0 aliphatic rings. The SMILES string of the molecule is CC(C)CC(C)Nc1cccc(C(N)=O)c1. The van der Waals surface area contributed by atoms with Crippen molar-refractivity contribution in [1.29, 1.82) is 0 Å². The van der Waals surface area contributed by atoms with Crippen molar-refractivity contribution in [2.24, 2.45) is 11.7 Å². The summed E-state index contributed by atoms with van der Waals surface area (Å²) in [7, 11) is 0. The largest absolute Gasteiger partial charge is 0.383 e. The second-order valence-electron chi connectivity index (χ2n) is 4.62. The number of anilines is 1. The van der Waals surface area contributed by atoms with Gasteiger partial charge in [0.25, 0.3) is 0 Å². The van der Waals surface area contributed by atoms with E-state index in [2.05, 4.69) is 26.1 Å². The van der Waals surface area contributed by atoms with E-state index in [0.717, 1.165) is 12.1 Å². The van der Waals surface area contributed by atoms with E-state index in [9.17, 15) is 4.79 Å². The highest BCUT2D eigenvalue weighted by molar-refractivity contribution is 5.93. The predicted octanol–water partition coefficient (Wildman–Crippen LogP) is 2.63. The minimum atomic E-state index is -0.389. The molecule has 0 aliphatic carbocycles. The first-order valence-electron chi connectivity index (χ1n) is 5.65. The molecule has 1 rings (SSSR count). The lowest BCUT2D eigenvalue weighted by molar-refractivity contribution is 0.100. The van der Waals surface area contributed by atoms with Gasteiger partial charge in [0.05, 0.1) is 0 Å². The standard InChI is InChI=1S/C13H20N2O/c1-9(2)7-10(3)15-12-6-4-5-11(8-12)13(14)16/h4-6,8-10,15H,7H2,1-3H3,(H2,14,16). The molecule has 1 unspecified atom stereocenters. The van der Waals surface area contributed by atoms with E-state index in [-0.39, 0.29) is 5.91 Å². The molecule has 16 heavy (non-hydrogen) atoms. The first kappa shape index (κ1) is 12.6. The quantitative estimate of drug-likeness (QED) is 0.801. The molecular weight excluding hydrogens is 200 g/mol. The van der Waals surface area contributed by atoms with Crippen LogP contribution in [0, 0.1) is 5.92 Å². The van der Waals surface area contributed by atoms with Gasteiger partial charge >= 0.3 is 0 Å². The van der Waals surface area contributed by atoms with Crippen molar-refractivity contribution in [1.82, 2.24) is 0 Å². The van der Waals surface area contributed by atoms with Crippen molar-refractivity contribution in [3.8, 4) is 0 Å². The number of benzene rings is 1. The summed E-state index contributed by atoms with van der Waals surface area (Å²) in [4.78, 5) is 11.0. The minimum absolute atomic E-state index is 0.389. The van der Waals surface area contributed by atoms with Gasteiger partial charge in [0, 0.05) is 17.3 Å². The van der Waals surface area contributed by atoms with Crippen molar-refractivity contribution in [2.45, 2.75) is 33.2 Å². The van der Waals surface area contributed by atoms with Crippen LogP contribution < -0.4 is 11.1 Å². The van der Waals surface area contributed by atoms with Gasteiger partial charge in [0.15, 0.2) is 0 Å². The van der Waals surface area contributed by atoms with Crippen LogP contribution in [0.5, 0.6) is 0 Å². The number of amides is 1. The number of nitrogens with one attached hydrogen (secondary N) is 1. The molecule has 0 spiro atoms.